The molecule has 5 heteroatoms. The molecule has 1 heterocycles. The number of hydrogen-bond acceptors (Lipinski definition) is 3. The van der Waals surface area contributed by atoms with Crippen LogP contribution in [0.25, 0.3) is 0 Å². The van der Waals surface area contributed by atoms with Gasteiger partial charge in [0.05, 0.1) is 5.92 Å². The fraction of sp³-hybridized carbons (Fsp3) is 0.556. The van der Waals surface area contributed by atoms with Gasteiger partial charge in [-0.1, -0.05) is 30.3 Å². The van der Waals surface area contributed by atoms with Crippen LogP contribution in [0.4, 0.5) is 4.79 Å². The zero-order valence-corrected chi connectivity index (χ0v) is 14.1. The zero-order chi connectivity index (χ0) is 17.0. The molecule has 2 unspecified atom stereocenters. The van der Waals surface area contributed by atoms with Gasteiger partial charge in [-0.3, -0.25) is 4.79 Å². The number of primary amides is 1. The van der Waals surface area contributed by atoms with E-state index in [1.54, 1.807) is 4.90 Å². The van der Waals surface area contributed by atoms with Crippen LogP contribution < -0.4 is 5.73 Å². The molecule has 1 aromatic rings. The van der Waals surface area contributed by atoms with Crippen molar-refractivity contribution in [1.82, 2.24) is 4.90 Å². The Morgan fingerprint density at radius 2 is 1.91 bits per heavy atom. The number of rotatable bonds is 3. The summed E-state index contributed by atoms with van der Waals surface area (Å²) in [5, 5.41) is 0. The number of piperidine rings is 1. The molecule has 23 heavy (non-hydrogen) atoms. The van der Waals surface area contributed by atoms with Crippen LogP contribution in [0, 0.1) is 5.92 Å². The summed E-state index contributed by atoms with van der Waals surface area (Å²) < 4.78 is 5.44. The van der Waals surface area contributed by atoms with Gasteiger partial charge in [-0.2, -0.15) is 0 Å². The first-order valence-electron chi connectivity index (χ1n) is 8.10. The van der Waals surface area contributed by atoms with Crippen LogP contribution in [0.3, 0.4) is 0 Å². The second kappa shape index (κ2) is 7.02. The van der Waals surface area contributed by atoms with E-state index >= 15 is 0 Å². The molecule has 1 aliphatic rings. The van der Waals surface area contributed by atoms with Crippen molar-refractivity contribution in [2.45, 2.75) is 45.1 Å². The Bertz CT molecular complexity index is 551. The molecule has 1 fully saturated rings. The molecule has 2 N–H and O–H groups in total. The standard InChI is InChI=1S/C18H26N2O3/c1-18(2,3)23-17(22)20-11-7-10-14(12-20)15(16(19)21)13-8-5-4-6-9-13/h4-6,8-9,14-15H,7,10-12H2,1-3H3,(H2,19,21). The quantitative estimate of drug-likeness (QED) is 0.931. The summed E-state index contributed by atoms with van der Waals surface area (Å²) in [6.07, 6.45) is 1.40. The third-order valence-electron chi connectivity index (χ3n) is 4.05. The van der Waals surface area contributed by atoms with Gasteiger partial charge in [0.2, 0.25) is 5.91 Å². The van der Waals surface area contributed by atoms with Crippen molar-refractivity contribution < 1.29 is 14.3 Å². The highest BCUT2D eigenvalue weighted by Gasteiger charge is 2.34. The summed E-state index contributed by atoms with van der Waals surface area (Å²) in [7, 11) is 0. The highest BCUT2D eigenvalue weighted by molar-refractivity contribution is 5.82. The van der Waals surface area contributed by atoms with Gasteiger partial charge in [-0.05, 0) is 45.1 Å². The van der Waals surface area contributed by atoms with Gasteiger partial charge in [0.1, 0.15) is 5.60 Å². The Kier molecular flexibility index (Phi) is 5.29. The Morgan fingerprint density at radius 1 is 1.26 bits per heavy atom. The van der Waals surface area contributed by atoms with Crippen molar-refractivity contribution in [3.05, 3.63) is 35.9 Å². The minimum absolute atomic E-state index is 0.0242. The number of carbonyl (C=O) groups is 2. The Balaban J connectivity index is 2.12. The summed E-state index contributed by atoms with van der Waals surface area (Å²) in [5.41, 5.74) is 6.04. The summed E-state index contributed by atoms with van der Waals surface area (Å²) >= 11 is 0. The predicted molar refractivity (Wildman–Crippen MR) is 88.9 cm³/mol. The van der Waals surface area contributed by atoms with Crippen LogP contribution in [-0.4, -0.2) is 35.6 Å². The maximum Gasteiger partial charge on any atom is 0.410 e. The highest BCUT2D eigenvalue weighted by atomic mass is 16.6. The largest absolute Gasteiger partial charge is 0.444 e. The van der Waals surface area contributed by atoms with Gasteiger partial charge < -0.3 is 15.4 Å². The number of benzene rings is 1. The second-order valence-electron chi connectivity index (χ2n) is 7.12. The van der Waals surface area contributed by atoms with E-state index in [1.807, 2.05) is 51.1 Å². The first-order valence-corrected chi connectivity index (χ1v) is 8.10. The molecular weight excluding hydrogens is 292 g/mol. The van der Waals surface area contributed by atoms with E-state index in [-0.39, 0.29) is 23.8 Å². The minimum Gasteiger partial charge on any atom is -0.444 e. The van der Waals surface area contributed by atoms with Crippen molar-refractivity contribution in [3.63, 3.8) is 0 Å². The summed E-state index contributed by atoms with van der Waals surface area (Å²) in [6.45, 7) is 6.70. The third-order valence-corrected chi connectivity index (χ3v) is 4.05. The highest BCUT2D eigenvalue weighted by Crippen LogP contribution is 2.32. The number of hydrogen-bond donors (Lipinski definition) is 1. The van der Waals surface area contributed by atoms with Gasteiger partial charge in [0, 0.05) is 13.1 Å². The van der Waals surface area contributed by atoms with Crippen molar-refractivity contribution >= 4 is 12.0 Å². The number of ether oxygens (including phenoxy) is 1. The minimum atomic E-state index is -0.521. The number of nitrogens with two attached hydrogens (primary N) is 1. The molecule has 0 aliphatic carbocycles. The van der Waals surface area contributed by atoms with Crippen molar-refractivity contribution in [2.75, 3.05) is 13.1 Å². The molecule has 0 aromatic heterocycles. The van der Waals surface area contributed by atoms with E-state index in [4.69, 9.17) is 10.5 Å². The maximum atomic E-state index is 12.3. The SMILES string of the molecule is CC(C)(C)OC(=O)N1CCCC(C(C(N)=O)c2ccccc2)C1. The Morgan fingerprint density at radius 3 is 2.48 bits per heavy atom. The van der Waals surface area contributed by atoms with Crippen molar-refractivity contribution in [1.29, 1.82) is 0 Å². The average Bonchev–Trinajstić information content (AvgIpc) is 2.47. The molecule has 2 atom stereocenters. The fourth-order valence-electron chi connectivity index (χ4n) is 3.10. The molecule has 0 spiro atoms. The lowest BCUT2D eigenvalue weighted by Crippen LogP contribution is -2.45. The average molecular weight is 318 g/mol. The Labute approximate surface area is 137 Å². The molecule has 0 bridgehead atoms. The lowest BCUT2D eigenvalue weighted by atomic mass is 9.80. The van der Waals surface area contributed by atoms with Gasteiger partial charge >= 0.3 is 6.09 Å². The molecule has 1 aliphatic heterocycles. The van der Waals surface area contributed by atoms with Gasteiger partial charge in [-0.25, -0.2) is 4.79 Å². The second-order valence-corrected chi connectivity index (χ2v) is 7.12. The van der Waals surface area contributed by atoms with Crippen molar-refractivity contribution in [2.24, 2.45) is 11.7 Å². The molecule has 5 nitrogen and oxygen atoms in total. The third kappa shape index (κ3) is 4.71. The van der Waals surface area contributed by atoms with E-state index in [9.17, 15) is 9.59 Å². The van der Waals surface area contributed by atoms with Crippen LogP contribution in [0.5, 0.6) is 0 Å². The normalized spacial score (nSPS) is 20.0. The topological polar surface area (TPSA) is 72.6 Å². The summed E-state index contributed by atoms with van der Waals surface area (Å²) in [4.78, 5) is 26.0. The number of amides is 2. The molecule has 1 aromatic carbocycles. The monoisotopic (exact) mass is 318 g/mol. The molecule has 0 saturated carbocycles. The summed E-state index contributed by atoms with van der Waals surface area (Å²) in [6, 6.07) is 9.55. The molecule has 1 saturated heterocycles. The molecular formula is C18H26N2O3. The van der Waals surface area contributed by atoms with E-state index in [2.05, 4.69) is 0 Å². The van der Waals surface area contributed by atoms with E-state index in [0.29, 0.717) is 13.1 Å². The molecule has 2 amide bonds. The van der Waals surface area contributed by atoms with E-state index in [0.717, 1.165) is 18.4 Å². The fourth-order valence-corrected chi connectivity index (χ4v) is 3.10. The maximum absolute atomic E-state index is 12.3. The van der Waals surface area contributed by atoms with E-state index in [1.165, 1.54) is 0 Å². The smallest absolute Gasteiger partial charge is 0.410 e. The number of likely N-dealkylation sites (tertiary alicyclic amines) is 1. The molecule has 2 rings (SSSR count). The summed E-state index contributed by atoms with van der Waals surface area (Å²) in [5.74, 6) is -0.690. The van der Waals surface area contributed by atoms with E-state index < -0.39 is 5.60 Å². The molecule has 0 radical (unpaired) electrons. The van der Waals surface area contributed by atoms with Crippen LogP contribution >= 0.6 is 0 Å². The number of nitrogens with zero attached hydrogens (tertiary/aromatic N) is 1. The lowest BCUT2D eigenvalue weighted by molar-refractivity contribution is -0.121. The lowest BCUT2D eigenvalue weighted by Gasteiger charge is -2.36. The van der Waals surface area contributed by atoms with Crippen LogP contribution in [0.15, 0.2) is 30.3 Å². The molecule has 126 valence electrons. The predicted octanol–water partition coefficient (Wildman–Crippen LogP) is 2.90. The van der Waals surface area contributed by atoms with Crippen molar-refractivity contribution in [3.8, 4) is 0 Å². The Hall–Kier alpha value is -2.04. The van der Waals surface area contributed by atoms with Gasteiger partial charge in [0.15, 0.2) is 0 Å². The van der Waals surface area contributed by atoms with Crippen LogP contribution in [0.1, 0.15) is 45.1 Å². The van der Waals surface area contributed by atoms with Gasteiger partial charge in [0.25, 0.3) is 0 Å². The number of carbonyl (C=O) groups excluding carboxylic acids is 2. The van der Waals surface area contributed by atoms with Gasteiger partial charge in [-0.15, -0.1) is 0 Å². The first-order chi connectivity index (χ1) is 10.8. The van der Waals surface area contributed by atoms with Crippen LogP contribution in [-0.2, 0) is 9.53 Å². The first kappa shape index (κ1) is 17.3. The zero-order valence-electron chi connectivity index (χ0n) is 14.1. The van der Waals surface area contributed by atoms with Crippen LogP contribution in [0.2, 0.25) is 0 Å².